The van der Waals surface area contributed by atoms with Crippen molar-refractivity contribution in [2.45, 2.75) is 0 Å². The van der Waals surface area contributed by atoms with E-state index in [0.717, 1.165) is 11.0 Å². The maximum absolute atomic E-state index is 12.9. The predicted molar refractivity (Wildman–Crippen MR) is 96.3 cm³/mol. The topological polar surface area (TPSA) is 98.7 Å². The van der Waals surface area contributed by atoms with Gasteiger partial charge < -0.3 is 15.7 Å². The van der Waals surface area contributed by atoms with Crippen LogP contribution in [0.1, 0.15) is 10.4 Å². The molecule has 0 radical (unpaired) electrons. The van der Waals surface area contributed by atoms with Gasteiger partial charge in [-0.05, 0) is 48.5 Å². The summed E-state index contributed by atoms with van der Waals surface area (Å²) in [4.78, 5) is 36.9. The minimum absolute atomic E-state index is 0.0676. The molecule has 3 rings (SSSR count). The van der Waals surface area contributed by atoms with Gasteiger partial charge in [0.05, 0.1) is 13.2 Å². The van der Waals surface area contributed by atoms with E-state index < -0.39 is 17.6 Å². The van der Waals surface area contributed by atoms with E-state index in [1.165, 1.54) is 24.3 Å². The van der Waals surface area contributed by atoms with E-state index in [-0.39, 0.29) is 24.8 Å². The Morgan fingerprint density at radius 2 is 1.63 bits per heavy atom. The third kappa shape index (κ3) is 4.18. The molecule has 3 amide bonds. The summed E-state index contributed by atoms with van der Waals surface area (Å²) >= 11 is 0. The van der Waals surface area contributed by atoms with Crippen LogP contribution in [-0.4, -0.2) is 40.9 Å². The SMILES string of the molecule is O=C(Nc1ccc(F)cc1)c1ccc(NC2=CC(=O)N(CCO)C2=O)cc1. The van der Waals surface area contributed by atoms with Crippen LogP contribution < -0.4 is 10.6 Å². The van der Waals surface area contributed by atoms with Crippen molar-refractivity contribution in [3.8, 4) is 0 Å². The van der Waals surface area contributed by atoms with E-state index in [2.05, 4.69) is 10.6 Å². The van der Waals surface area contributed by atoms with Crippen molar-refractivity contribution in [1.29, 1.82) is 0 Å². The number of hydrogen-bond donors (Lipinski definition) is 3. The molecule has 0 spiro atoms. The lowest BCUT2D eigenvalue weighted by atomic mass is 10.2. The number of amides is 3. The lowest BCUT2D eigenvalue weighted by Gasteiger charge is -2.13. The molecule has 0 saturated carbocycles. The van der Waals surface area contributed by atoms with Crippen molar-refractivity contribution in [3.63, 3.8) is 0 Å². The van der Waals surface area contributed by atoms with E-state index in [1.54, 1.807) is 24.3 Å². The molecule has 1 aliphatic heterocycles. The minimum atomic E-state index is -0.521. The largest absolute Gasteiger partial charge is 0.395 e. The number of hydrogen-bond acceptors (Lipinski definition) is 5. The number of aliphatic hydroxyl groups excluding tert-OH is 1. The van der Waals surface area contributed by atoms with Crippen LogP contribution in [0.4, 0.5) is 15.8 Å². The number of imide groups is 1. The Hall–Kier alpha value is -3.52. The molecule has 138 valence electrons. The summed E-state index contributed by atoms with van der Waals surface area (Å²) in [5.41, 5.74) is 1.45. The number of carbonyl (C=O) groups excluding carboxylic acids is 3. The van der Waals surface area contributed by atoms with E-state index >= 15 is 0 Å². The number of anilines is 2. The third-order valence-corrected chi connectivity index (χ3v) is 3.86. The van der Waals surface area contributed by atoms with Crippen LogP contribution in [0.5, 0.6) is 0 Å². The summed E-state index contributed by atoms with van der Waals surface area (Å²) < 4.78 is 12.9. The second kappa shape index (κ2) is 7.79. The zero-order valence-electron chi connectivity index (χ0n) is 14.1. The molecule has 0 aromatic heterocycles. The van der Waals surface area contributed by atoms with Crippen molar-refractivity contribution >= 4 is 29.1 Å². The second-order valence-corrected chi connectivity index (χ2v) is 5.74. The van der Waals surface area contributed by atoms with Gasteiger partial charge in [-0.25, -0.2) is 4.39 Å². The van der Waals surface area contributed by atoms with Gasteiger partial charge in [-0.1, -0.05) is 0 Å². The summed E-state index contributed by atoms with van der Waals surface area (Å²) in [6.45, 7) is -0.377. The Morgan fingerprint density at radius 1 is 1.00 bits per heavy atom. The number of carbonyl (C=O) groups is 3. The zero-order valence-corrected chi connectivity index (χ0v) is 14.1. The summed E-state index contributed by atoms with van der Waals surface area (Å²) in [6, 6.07) is 11.7. The van der Waals surface area contributed by atoms with Gasteiger partial charge in [0, 0.05) is 23.0 Å². The summed E-state index contributed by atoms with van der Waals surface area (Å²) in [6.07, 6.45) is 1.16. The van der Waals surface area contributed by atoms with Crippen LogP contribution >= 0.6 is 0 Å². The first kappa shape index (κ1) is 18.3. The molecule has 27 heavy (non-hydrogen) atoms. The predicted octanol–water partition coefficient (Wildman–Crippen LogP) is 1.73. The molecule has 0 unspecified atom stereocenters. The van der Waals surface area contributed by atoms with Crippen LogP contribution in [0.25, 0.3) is 0 Å². The van der Waals surface area contributed by atoms with Crippen LogP contribution in [-0.2, 0) is 9.59 Å². The van der Waals surface area contributed by atoms with Crippen LogP contribution in [0.2, 0.25) is 0 Å². The number of nitrogens with one attached hydrogen (secondary N) is 2. The van der Waals surface area contributed by atoms with Gasteiger partial charge in [0.25, 0.3) is 17.7 Å². The number of aliphatic hydroxyl groups is 1. The molecule has 0 fully saturated rings. The highest BCUT2D eigenvalue weighted by atomic mass is 19.1. The molecule has 1 heterocycles. The molecule has 8 heteroatoms. The standard InChI is InChI=1S/C19H16FN3O4/c20-13-3-7-15(8-4-13)22-18(26)12-1-5-14(6-2-12)21-16-11-17(25)23(9-10-24)19(16)27/h1-8,11,21,24H,9-10H2,(H,22,26). The zero-order chi connectivity index (χ0) is 19.4. The fourth-order valence-electron chi connectivity index (χ4n) is 2.51. The van der Waals surface area contributed by atoms with Crippen molar-refractivity contribution in [2.75, 3.05) is 23.8 Å². The Labute approximate surface area is 154 Å². The highest BCUT2D eigenvalue weighted by molar-refractivity contribution is 6.17. The lowest BCUT2D eigenvalue weighted by molar-refractivity contribution is -0.137. The van der Waals surface area contributed by atoms with E-state index in [4.69, 9.17) is 5.11 Å². The first-order chi connectivity index (χ1) is 13.0. The molecule has 1 aliphatic rings. The van der Waals surface area contributed by atoms with Gasteiger partial charge in [-0.15, -0.1) is 0 Å². The number of halogens is 1. The van der Waals surface area contributed by atoms with Gasteiger partial charge in [-0.3, -0.25) is 19.3 Å². The van der Waals surface area contributed by atoms with Gasteiger partial charge in [-0.2, -0.15) is 0 Å². The average molecular weight is 369 g/mol. The van der Waals surface area contributed by atoms with E-state index in [9.17, 15) is 18.8 Å². The van der Waals surface area contributed by atoms with E-state index in [1.807, 2.05) is 0 Å². The fraction of sp³-hybridized carbons (Fsp3) is 0.105. The molecular formula is C19H16FN3O4. The Balaban J connectivity index is 1.64. The average Bonchev–Trinajstić information content (AvgIpc) is 2.92. The molecule has 3 N–H and O–H groups in total. The van der Waals surface area contributed by atoms with E-state index in [0.29, 0.717) is 16.9 Å². The Bertz CT molecular complexity index is 908. The Morgan fingerprint density at radius 3 is 2.26 bits per heavy atom. The summed E-state index contributed by atoms with van der Waals surface area (Å²) in [7, 11) is 0. The van der Waals surface area contributed by atoms with Crippen molar-refractivity contribution in [1.82, 2.24) is 4.90 Å². The van der Waals surface area contributed by atoms with Crippen molar-refractivity contribution < 1.29 is 23.9 Å². The smallest absolute Gasteiger partial charge is 0.277 e. The highest BCUT2D eigenvalue weighted by Crippen LogP contribution is 2.18. The molecule has 2 aromatic carbocycles. The van der Waals surface area contributed by atoms with Crippen molar-refractivity contribution in [3.05, 3.63) is 71.7 Å². The summed E-state index contributed by atoms with van der Waals surface area (Å²) in [5, 5.41) is 14.4. The number of nitrogens with zero attached hydrogens (tertiary/aromatic N) is 1. The maximum Gasteiger partial charge on any atom is 0.277 e. The number of rotatable bonds is 6. The normalized spacial score (nSPS) is 13.6. The van der Waals surface area contributed by atoms with Crippen LogP contribution in [0, 0.1) is 5.82 Å². The number of β-amino-alcohol motifs (C(OH)–C–C–N with tert-alkyl or cyclic N) is 1. The first-order valence-corrected chi connectivity index (χ1v) is 8.10. The summed E-state index contributed by atoms with van der Waals surface area (Å²) in [5.74, 6) is -1.78. The molecule has 0 atom stereocenters. The number of benzene rings is 2. The van der Waals surface area contributed by atoms with Crippen LogP contribution in [0.3, 0.4) is 0 Å². The monoisotopic (exact) mass is 369 g/mol. The van der Waals surface area contributed by atoms with Gasteiger partial charge in [0.2, 0.25) is 0 Å². The third-order valence-electron chi connectivity index (χ3n) is 3.86. The molecule has 7 nitrogen and oxygen atoms in total. The first-order valence-electron chi connectivity index (χ1n) is 8.10. The molecule has 2 aromatic rings. The molecular weight excluding hydrogens is 353 g/mol. The molecule has 0 aliphatic carbocycles. The molecule has 0 saturated heterocycles. The second-order valence-electron chi connectivity index (χ2n) is 5.74. The van der Waals surface area contributed by atoms with Crippen LogP contribution in [0.15, 0.2) is 60.3 Å². The lowest BCUT2D eigenvalue weighted by Crippen LogP contribution is -2.34. The van der Waals surface area contributed by atoms with Gasteiger partial charge in [0.15, 0.2) is 0 Å². The van der Waals surface area contributed by atoms with Gasteiger partial charge >= 0.3 is 0 Å². The highest BCUT2D eigenvalue weighted by Gasteiger charge is 2.30. The Kier molecular flexibility index (Phi) is 5.28. The quantitative estimate of drug-likeness (QED) is 0.674. The van der Waals surface area contributed by atoms with Gasteiger partial charge in [0.1, 0.15) is 11.5 Å². The minimum Gasteiger partial charge on any atom is -0.395 e. The molecule has 0 bridgehead atoms. The maximum atomic E-state index is 12.9. The van der Waals surface area contributed by atoms with Crippen molar-refractivity contribution in [2.24, 2.45) is 0 Å². The fourth-order valence-corrected chi connectivity index (χ4v) is 2.51.